The van der Waals surface area contributed by atoms with Gasteiger partial charge in [-0.15, -0.1) is 12.4 Å². The van der Waals surface area contributed by atoms with E-state index < -0.39 is 0 Å². The van der Waals surface area contributed by atoms with Crippen molar-refractivity contribution in [1.82, 2.24) is 5.32 Å². The van der Waals surface area contributed by atoms with Gasteiger partial charge in [0, 0.05) is 23.0 Å². The van der Waals surface area contributed by atoms with E-state index in [1.165, 1.54) is 40.7 Å². The molecule has 1 N–H and O–H groups in total. The van der Waals surface area contributed by atoms with Crippen LogP contribution < -0.4 is 10.1 Å². The van der Waals surface area contributed by atoms with Crippen LogP contribution in [0, 0.1) is 0 Å². The number of hydrogen-bond acceptors (Lipinski definition) is 2. The van der Waals surface area contributed by atoms with Gasteiger partial charge in [-0.3, -0.25) is 0 Å². The van der Waals surface area contributed by atoms with Gasteiger partial charge in [0.15, 0.2) is 0 Å². The second-order valence-electron chi connectivity index (χ2n) is 7.90. The van der Waals surface area contributed by atoms with Crippen LogP contribution >= 0.6 is 24.0 Å². The minimum atomic E-state index is 0. The molecular formula is C25H25Cl2NO. The van der Waals surface area contributed by atoms with Crippen LogP contribution in [0.4, 0.5) is 0 Å². The molecule has 3 unspecified atom stereocenters. The molecule has 0 heterocycles. The molecule has 0 spiro atoms. The Bertz CT molecular complexity index is 985. The van der Waals surface area contributed by atoms with Crippen LogP contribution in [0.2, 0.25) is 5.02 Å². The molecule has 0 aliphatic heterocycles. The zero-order valence-electron chi connectivity index (χ0n) is 16.4. The van der Waals surface area contributed by atoms with Gasteiger partial charge in [0.2, 0.25) is 0 Å². The van der Waals surface area contributed by atoms with Gasteiger partial charge in [-0.25, -0.2) is 0 Å². The first kappa shape index (κ1) is 20.3. The van der Waals surface area contributed by atoms with E-state index in [1.807, 2.05) is 12.1 Å². The van der Waals surface area contributed by atoms with Crippen LogP contribution in [0.25, 0.3) is 11.1 Å². The summed E-state index contributed by atoms with van der Waals surface area (Å²) >= 11 is 5.99. The first-order valence-corrected chi connectivity index (χ1v) is 10.4. The van der Waals surface area contributed by atoms with Gasteiger partial charge in [-0.1, -0.05) is 54.1 Å². The smallest absolute Gasteiger partial charge is 0.119 e. The normalized spacial score (nSPS) is 21.9. The number of halogens is 2. The van der Waals surface area contributed by atoms with Crippen molar-refractivity contribution in [3.05, 3.63) is 88.4 Å². The summed E-state index contributed by atoms with van der Waals surface area (Å²) in [5.74, 6) is 1.58. The summed E-state index contributed by atoms with van der Waals surface area (Å²) in [6, 6.07) is 24.6. The van der Waals surface area contributed by atoms with E-state index in [9.17, 15) is 0 Å². The predicted molar refractivity (Wildman–Crippen MR) is 122 cm³/mol. The Labute approximate surface area is 183 Å². The molecule has 0 bridgehead atoms. The van der Waals surface area contributed by atoms with Gasteiger partial charge in [-0.05, 0) is 71.3 Å². The first-order chi connectivity index (χ1) is 13.7. The summed E-state index contributed by atoms with van der Waals surface area (Å²) in [5, 5.41) is 4.67. The molecule has 1 saturated carbocycles. The number of rotatable bonds is 5. The molecule has 0 aromatic heterocycles. The number of fused-ring (bicyclic) bond motifs is 1. The average molecular weight is 426 g/mol. The molecule has 2 aliphatic carbocycles. The lowest BCUT2D eigenvalue weighted by atomic mass is 10.0. The lowest BCUT2D eigenvalue weighted by molar-refractivity contribution is 0.413. The van der Waals surface area contributed by atoms with Crippen LogP contribution in [0.3, 0.4) is 0 Å². The van der Waals surface area contributed by atoms with Crippen LogP contribution in [-0.4, -0.2) is 13.2 Å². The van der Waals surface area contributed by atoms with Crippen LogP contribution in [0.15, 0.2) is 66.7 Å². The molecule has 0 saturated heterocycles. The van der Waals surface area contributed by atoms with Crippen molar-refractivity contribution in [3.63, 3.8) is 0 Å². The van der Waals surface area contributed by atoms with Crippen LogP contribution in [0.1, 0.15) is 41.5 Å². The zero-order valence-corrected chi connectivity index (χ0v) is 18.0. The number of aryl methyl sites for hydroxylation is 1. The molecule has 5 rings (SSSR count). The van der Waals surface area contributed by atoms with Crippen molar-refractivity contribution in [2.75, 3.05) is 7.11 Å². The zero-order chi connectivity index (χ0) is 19.1. The van der Waals surface area contributed by atoms with E-state index in [2.05, 4.69) is 59.9 Å². The third kappa shape index (κ3) is 4.16. The summed E-state index contributed by atoms with van der Waals surface area (Å²) in [7, 11) is 1.74. The minimum Gasteiger partial charge on any atom is -0.497 e. The lowest BCUT2D eigenvalue weighted by Gasteiger charge is -2.15. The SMILES string of the molecule is COc1ccc2c(c1)C(NC1CC1c1ccc(-c3ccc(Cl)cc3)cc1)CC2.Cl. The molecular weight excluding hydrogens is 401 g/mol. The number of nitrogens with one attached hydrogen (secondary N) is 1. The van der Waals surface area contributed by atoms with Crippen molar-refractivity contribution in [2.24, 2.45) is 0 Å². The molecule has 2 nitrogen and oxygen atoms in total. The number of methoxy groups -OCH3 is 1. The molecule has 4 heteroatoms. The molecule has 0 amide bonds. The van der Waals surface area contributed by atoms with Crippen molar-refractivity contribution in [2.45, 2.75) is 37.3 Å². The van der Waals surface area contributed by atoms with Gasteiger partial charge in [0.1, 0.15) is 5.75 Å². The first-order valence-electron chi connectivity index (χ1n) is 10.00. The van der Waals surface area contributed by atoms with Gasteiger partial charge in [-0.2, -0.15) is 0 Å². The van der Waals surface area contributed by atoms with Gasteiger partial charge >= 0.3 is 0 Å². The maximum atomic E-state index is 5.99. The van der Waals surface area contributed by atoms with E-state index in [4.69, 9.17) is 16.3 Å². The fourth-order valence-electron chi connectivity index (χ4n) is 4.45. The van der Waals surface area contributed by atoms with Crippen molar-refractivity contribution in [1.29, 1.82) is 0 Å². The standard InChI is InChI=1S/C25H24ClNO.ClH/c1-28-21-12-8-19-9-13-24(22(19)14-21)27-25-15-23(25)18-4-2-16(3-5-18)17-6-10-20(26)11-7-17;/h2-8,10-12,14,23-25,27H,9,13,15H2,1H3;1H. The molecule has 0 radical (unpaired) electrons. The summed E-state index contributed by atoms with van der Waals surface area (Å²) in [6.07, 6.45) is 3.56. The largest absolute Gasteiger partial charge is 0.497 e. The van der Waals surface area contributed by atoms with E-state index in [1.54, 1.807) is 7.11 Å². The number of ether oxygens (including phenoxy) is 1. The monoisotopic (exact) mass is 425 g/mol. The maximum Gasteiger partial charge on any atom is 0.119 e. The average Bonchev–Trinajstić information content (AvgIpc) is 3.40. The summed E-state index contributed by atoms with van der Waals surface area (Å²) < 4.78 is 5.42. The highest BCUT2D eigenvalue weighted by Crippen LogP contribution is 2.44. The highest BCUT2D eigenvalue weighted by Gasteiger charge is 2.40. The molecule has 2 aliphatic rings. The fourth-order valence-corrected chi connectivity index (χ4v) is 4.58. The van der Waals surface area contributed by atoms with Gasteiger partial charge in [0.05, 0.1) is 7.11 Å². The van der Waals surface area contributed by atoms with Crippen LogP contribution in [-0.2, 0) is 6.42 Å². The minimum absolute atomic E-state index is 0. The van der Waals surface area contributed by atoms with Crippen molar-refractivity contribution in [3.8, 4) is 16.9 Å². The van der Waals surface area contributed by atoms with Crippen LogP contribution in [0.5, 0.6) is 5.75 Å². The predicted octanol–water partition coefficient (Wildman–Crippen LogP) is 6.57. The van der Waals surface area contributed by atoms with Gasteiger partial charge in [0.25, 0.3) is 0 Å². The summed E-state index contributed by atoms with van der Waals surface area (Å²) in [5.41, 5.74) is 6.75. The highest BCUT2D eigenvalue weighted by molar-refractivity contribution is 6.30. The summed E-state index contributed by atoms with van der Waals surface area (Å²) in [4.78, 5) is 0. The Kier molecular flexibility index (Phi) is 5.87. The quantitative estimate of drug-likeness (QED) is 0.498. The molecule has 3 atom stereocenters. The number of hydrogen-bond donors (Lipinski definition) is 1. The Balaban J connectivity index is 0.00000205. The van der Waals surface area contributed by atoms with E-state index in [0.717, 1.165) is 17.2 Å². The van der Waals surface area contributed by atoms with E-state index in [0.29, 0.717) is 18.0 Å². The Morgan fingerprint density at radius 1 is 0.931 bits per heavy atom. The lowest BCUT2D eigenvalue weighted by Crippen LogP contribution is -2.22. The second-order valence-corrected chi connectivity index (χ2v) is 8.34. The summed E-state index contributed by atoms with van der Waals surface area (Å²) in [6.45, 7) is 0. The molecule has 1 fully saturated rings. The molecule has 29 heavy (non-hydrogen) atoms. The Morgan fingerprint density at radius 3 is 2.31 bits per heavy atom. The van der Waals surface area contributed by atoms with Crippen molar-refractivity contribution < 1.29 is 4.74 Å². The Morgan fingerprint density at radius 2 is 1.62 bits per heavy atom. The van der Waals surface area contributed by atoms with Crippen molar-refractivity contribution >= 4 is 24.0 Å². The second kappa shape index (κ2) is 8.39. The third-order valence-corrected chi connectivity index (χ3v) is 6.40. The van der Waals surface area contributed by atoms with Gasteiger partial charge < -0.3 is 10.1 Å². The highest BCUT2D eigenvalue weighted by atomic mass is 35.5. The molecule has 150 valence electrons. The maximum absolute atomic E-state index is 5.99. The Hall–Kier alpha value is -2.00. The van der Waals surface area contributed by atoms with E-state index in [-0.39, 0.29) is 12.4 Å². The topological polar surface area (TPSA) is 21.3 Å². The molecule has 3 aromatic rings. The third-order valence-electron chi connectivity index (χ3n) is 6.15. The molecule has 3 aromatic carbocycles. The fraction of sp³-hybridized carbons (Fsp3) is 0.280. The van der Waals surface area contributed by atoms with E-state index >= 15 is 0 Å². The number of benzene rings is 3.